The van der Waals surface area contributed by atoms with Crippen LogP contribution >= 0.6 is 27.5 Å². The Morgan fingerprint density at radius 3 is 2.37 bits per heavy atom. The first kappa shape index (κ1) is 20.3. The molecule has 0 saturated carbocycles. The van der Waals surface area contributed by atoms with E-state index in [-0.39, 0.29) is 35.7 Å². The number of ether oxygens (including phenoxy) is 1. The van der Waals surface area contributed by atoms with Gasteiger partial charge in [0.05, 0.1) is 23.2 Å². The van der Waals surface area contributed by atoms with Crippen molar-refractivity contribution in [2.75, 3.05) is 0 Å². The van der Waals surface area contributed by atoms with Crippen LogP contribution in [-0.2, 0) is 17.9 Å². The van der Waals surface area contributed by atoms with Crippen molar-refractivity contribution >= 4 is 45.3 Å². The Labute approximate surface area is 186 Å². The number of fused-ring (bicyclic) bond motifs is 1. The van der Waals surface area contributed by atoms with Gasteiger partial charge in [-0.3, -0.25) is 14.5 Å². The Morgan fingerprint density at radius 2 is 1.63 bits per heavy atom. The van der Waals surface area contributed by atoms with Crippen molar-refractivity contribution in [3.8, 4) is 0 Å². The van der Waals surface area contributed by atoms with Crippen LogP contribution in [0.15, 0.2) is 71.2 Å². The number of imide groups is 1. The molecule has 7 heteroatoms. The summed E-state index contributed by atoms with van der Waals surface area (Å²) in [6.45, 7) is 0.233. The van der Waals surface area contributed by atoms with Crippen LogP contribution in [0.1, 0.15) is 42.2 Å². The molecule has 30 heavy (non-hydrogen) atoms. The number of halogens is 2. The van der Waals surface area contributed by atoms with Crippen LogP contribution in [0.2, 0.25) is 5.02 Å². The van der Waals surface area contributed by atoms with E-state index in [2.05, 4.69) is 15.9 Å². The second kappa shape index (κ2) is 8.42. The monoisotopic (exact) mass is 483 g/mol. The Kier molecular flexibility index (Phi) is 5.70. The molecule has 0 unspecified atom stereocenters. The highest BCUT2D eigenvalue weighted by Crippen LogP contribution is 2.26. The summed E-state index contributed by atoms with van der Waals surface area (Å²) in [4.78, 5) is 39.0. The van der Waals surface area contributed by atoms with E-state index >= 15 is 0 Å². The van der Waals surface area contributed by atoms with Gasteiger partial charge in [-0.05, 0) is 53.6 Å². The van der Waals surface area contributed by atoms with E-state index in [0.717, 1.165) is 20.5 Å². The van der Waals surface area contributed by atoms with E-state index in [0.29, 0.717) is 5.02 Å². The van der Waals surface area contributed by atoms with Crippen LogP contribution < -0.4 is 0 Å². The third-order valence-electron chi connectivity index (χ3n) is 4.72. The summed E-state index contributed by atoms with van der Waals surface area (Å²) in [5.41, 5.74) is 2.31. The van der Waals surface area contributed by atoms with Gasteiger partial charge in [-0.2, -0.15) is 0 Å². The Morgan fingerprint density at radius 1 is 0.900 bits per heavy atom. The number of carbonyl (C=O) groups is 3. The predicted molar refractivity (Wildman–Crippen MR) is 115 cm³/mol. The number of amides is 2. The average Bonchev–Trinajstić information content (AvgIpc) is 2.98. The van der Waals surface area contributed by atoms with Gasteiger partial charge in [-0.1, -0.05) is 51.8 Å². The van der Waals surface area contributed by atoms with Crippen molar-refractivity contribution in [2.45, 2.75) is 13.2 Å². The fourth-order valence-electron chi connectivity index (χ4n) is 3.19. The summed E-state index contributed by atoms with van der Waals surface area (Å²) in [7, 11) is 0. The predicted octanol–water partition coefficient (Wildman–Crippen LogP) is 5.26. The fourth-order valence-corrected chi connectivity index (χ4v) is 3.77. The first-order valence-corrected chi connectivity index (χ1v) is 10.3. The molecule has 0 aromatic heterocycles. The number of carbonyl (C=O) groups excluding carboxylic acids is 3. The molecular weight excluding hydrogens is 470 g/mol. The van der Waals surface area contributed by atoms with Crippen molar-refractivity contribution in [2.24, 2.45) is 0 Å². The Hall–Kier alpha value is -2.96. The lowest BCUT2D eigenvalue weighted by atomic mass is 10.1. The van der Waals surface area contributed by atoms with Crippen LogP contribution in [0.25, 0.3) is 0 Å². The van der Waals surface area contributed by atoms with Crippen LogP contribution in [0.5, 0.6) is 0 Å². The lowest BCUT2D eigenvalue weighted by molar-refractivity contribution is 0.0472. The maximum absolute atomic E-state index is 12.8. The standard InChI is InChI=1S/C23H15BrClNO4/c24-17-3-1-2-15(10-17)13-30-23(29)16-6-9-19-20(11-16)22(28)26(21(19)27)12-14-4-7-18(25)8-5-14/h1-11H,12-13H2. The highest BCUT2D eigenvalue weighted by Gasteiger charge is 2.36. The molecule has 0 bridgehead atoms. The molecule has 3 aromatic rings. The van der Waals surface area contributed by atoms with Crippen LogP contribution in [0.3, 0.4) is 0 Å². The number of hydrogen-bond acceptors (Lipinski definition) is 4. The molecule has 0 spiro atoms. The van der Waals surface area contributed by atoms with Crippen LogP contribution in [0, 0.1) is 0 Å². The van der Waals surface area contributed by atoms with E-state index in [1.165, 1.54) is 18.2 Å². The summed E-state index contributed by atoms with van der Waals surface area (Å²) < 4.78 is 6.23. The third-order valence-corrected chi connectivity index (χ3v) is 5.46. The van der Waals surface area contributed by atoms with Crippen LogP contribution in [0.4, 0.5) is 0 Å². The van der Waals surface area contributed by atoms with Crippen molar-refractivity contribution in [1.82, 2.24) is 4.90 Å². The van der Waals surface area contributed by atoms with E-state index in [4.69, 9.17) is 16.3 Å². The first-order chi connectivity index (χ1) is 14.4. The minimum atomic E-state index is -0.561. The van der Waals surface area contributed by atoms with Crippen LogP contribution in [-0.4, -0.2) is 22.7 Å². The third kappa shape index (κ3) is 4.15. The minimum Gasteiger partial charge on any atom is -0.457 e. The SMILES string of the molecule is O=C(OCc1cccc(Br)c1)c1ccc2c(c1)C(=O)N(Cc1ccc(Cl)cc1)C2=O. The molecule has 1 aliphatic rings. The van der Waals surface area contributed by atoms with Gasteiger partial charge in [0.25, 0.3) is 11.8 Å². The van der Waals surface area contributed by atoms with E-state index in [1.54, 1.807) is 24.3 Å². The molecule has 0 atom stereocenters. The Bertz CT molecular complexity index is 1160. The molecule has 2 amide bonds. The normalized spacial score (nSPS) is 12.8. The van der Waals surface area contributed by atoms with E-state index in [1.807, 2.05) is 24.3 Å². The average molecular weight is 485 g/mol. The lowest BCUT2D eigenvalue weighted by Crippen LogP contribution is -2.29. The molecule has 1 aliphatic heterocycles. The molecule has 0 fully saturated rings. The first-order valence-electron chi connectivity index (χ1n) is 9.08. The zero-order valence-electron chi connectivity index (χ0n) is 15.6. The molecule has 0 aliphatic carbocycles. The fraction of sp³-hybridized carbons (Fsp3) is 0.0870. The highest BCUT2D eigenvalue weighted by atomic mass is 79.9. The van der Waals surface area contributed by atoms with Gasteiger partial charge in [0.15, 0.2) is 0 Å². The second-order valence-electron chi connectivity index (χ2n) is 6.79. The quantitative estimate of drug-likeness (QED) is 0.366. The molecule has 150 valence electrons. The zero-order valence-corrected chi connectivity index (χ0v) is 17.9. The summed E-state index contributed by atoms with van der Waals surface area (Å²) in [6, 6.07) is 18.8. The van der Waals surface area contributed by atoms with Crippen molar-refractivity contribution in [3.05, 3.63) is 104 Å². The van der Waals surface area contributed by atoms with Gasteiger partial charge in [0, 0.05) is 9.50 Å². The maximum Gasteiger partial charge on any atom is 0.338 e. The summed E-state index contributed by atoms with van der Waals surface area (Å²) in [5.74, 6) is -1.39. The van der Waals surface area contributed by atoms with Gasteiger partial charge in [-0.25, -0.2) is 4.79 Å². The smallest absolute Gasteiger partial charge is 0.338 e. The van der Waals surface area contributed by atoms with Gasteiger partial charge in [-0.15, -0.1) is 0 Å². The molecule has 0 radical (unpaired) electrons. The molecule has 4 rings (SSSR count). The van der Waals surface area contributed by atoms with Crippen molar-refractivity contribution < 1.29 is 19.1 Å². The zero-order chi connectivity index (χ0) is 21.3. The largest absolute Gasteiger partial charge is 0.457 e. The minimum absolute atomic E-state index is 0.102. The van der Waals surface area contributed by atoms with Gasteiger partial charge in [0.1, 0.15) is 6.61 Å². The molecular formula is C23H15BrClNO4. The number of esters is 1. The summed E-state index contributed by atoms with van der Waals surface area (Å²) in [5, 5.41) is 0.576. The van der Waals surface area contributed by atoms with E-state index in [9.17, 15) is 14.4 Å². The van der Waals surface area contributed by atoms with Gasteiger partial charge >= 0.3 is 5.97 Å². The molecule has 5 nitrogen and oxygen atoms in total. The van der Waals surface area contributed by atoms with Crippen molar-refractivity contribution in [1.29, 1.82) is 0 Å². The second-order valence-corrected chi connectivity index (χ2v) is 8.14. The number of nitrogens with zero attached hydrogens (tertiary/aromatic N) is 1. The van der Waals surface area contributed by atoms with Gasteiger partial charge < -0.3 is 4.74 Å². The van der Waals surface area contributed by atoms with Crippen molar-refractivity contribution in [3.63, 3.8) is 0 Å². The molecule has 0 saturated heterocycles. The molecule has 0 N–H and O–H groups in total. The number of rotatable bonds is 5. The maximum atomic E-state index is 12.8. The highest BCUT2D eigenvalue weighted by molar-refractivity contribution is 9.10. The van der Waals surface area contributed by atoms with E-state index < -0.39 is 11.9 Å². The summed E-state index contributed by atoms with van der Waals surface area (Å²) in [6.07, 6.45) is 0. The topological polar surface area (TPSA) is 63.7 Å². The Balaban J connectivity index is 1.49. The number of benzene rings is 3. The summed E-state index contributed by atoms with van der Waals surface area (Å²) >= 11 is 9.26. The lowest BCUT2D eigenvalue weighted by Gasteiger charge is -2.13. The number of hydrogen-bond donors (Lipinski definition) is 0. The molecule has 3 aromatic carbocycles. The molecule has 1 heterocycles. The van der Waals surface area contributed by atoms with Gasteiger partial charge in [0.2, 0.25) is 0 Å².